The molecule has 0 atom stereocenters. The molecule has 1 heterocycles. The molecule has 0 unspecified atom stereocenters. The van der Waals surface area contributed by atoms with Crippen molar-refractivity contribution in [3.8, 4) is 0 Å². The highest BCUT2D eigenvalue weighted by molar-refractivity contribution is 5.33. The SMILES string of the molecule is C=C(CC)CNc1ccn(C)n1. The van der Waals surface area contributed by atoms with E-state index < -0.39 is 0 Å². The van der Waals surface area contributed by atoms with Gasteiger partial charge in [0.1, 0.15) is 5.82 Å². The van der Waals surface area contributed by atoms with Gasteiger partial charge in [0.05, 0.1) is 0 Å². The van der Waals surface area contributed by atoms with Crippen molar-refractivity contribution in [3.05, 3.63) is 24.4 Å². The minimum Gasteiger partial charge on any atom is -0.365 e. The van der Waals surface area contributed by atoms with Crippen LogP contribution in [0.2, 0.25) is 0 Å². The second-order valence-corrected chi connectivity index (χ2v) is 2.83. The lowest BCUT2D eigenvalue weighted by atomic mass is 10.2. The molecule has 3 heteroatoms. The van der Waals surface area contributed by atoms with Crippen molar-refractivity contribution in [3.63, 3.8) is 0 Å². The van der Waals surface area contributed by atoms with Crippen LogP contribution < -0.4 is 5.32 Å². The quantitative estimate of drug-likeness (QED) is 0.689. The second-order valence-electron chi connectivity index (χ2n) is 2.83. The van der Waals surface area contributed by atoms with Crippen molar-refractivity contribution in [2.45, 2.75) is 13.3 Å². The Labute approximate surface area is 73.1 Å². The Hall–Kier alpha value is -1.25. The summed E-state index contributed by atoms with van der Waals surface area (Å²) in [6, 6.07) is 1.95. The van der Waals surface area contributed by atoms with Gasteiger partial charge in [-0.25, -0.2) is 0 Å². The smallest absolute Gasteiger partial charge is 0.148 e. The zero-order chi connectivity index (χ0) is 8.97. The van der Waals surface area contributed by atoms with Crippen LogP contribution in [0.5, 0.6) is 0 Å². The molecule has 12 heavy (non-hydrogen) atoms. The number of hydrogen-bond donors (Lipinski definition) is 1. The third-order valence-electron chi connectivity index (χ3n) is 1.73. The van der Waals surface area contributed by atoms with Crippen LogP contribution in [0.1, 0.15) is 13.3 Å². The monoisotopic (exact) mass is 165 g/mol. The first-order chi connectivity index (χ1) is 5.72. The summed E-state index contributed by atoms with van der Waals surface area (Å²) in [5, 5.41) is 7.37. The van der Waals surface area contributed by atoms with E-state index in [-0.39, 0.29) is 0 Å². The number of nitrogens with zero attached hydrogens (tertiary/aromatic N) is 2. The highest BCUT2D eigenvalue weighted by Gasteiger charge is 1.94. The Morgan fingerprint density at radius 1 is 1.75 bits per heavy atom. The lowest BCUT2D eigenvalue weighted by Gasteiger charge is -2.02. The molecule has 1 N–H and O–H groups in total. The second kappa shape index (κ2) is 3.95. The van der Waals surface area contributed by atoms with E-state index in [1.807, 2.05) is 19.3 Å². The summed E-state index contributed by atoms with van der Waals surface area (Å²) in [4.78, 5) is 0. The first kappa shape index (κ1) is 8.84. The number of rotatable bonds is 4. The summed E-state index contributed by atoms with van der Waals surface area (Å²) >= 11 is 0. The van der Waals surface area contributed by atoms with E-state index >= 15 is 0 Å². The molecule has 66 valence electrons. The Bertz CT molecular complexity index is 262. The van der Waals surface area contributed by atoms with Gasteiger partial charge in [0, 0.05) is 25.9 Å². The Morgan fingerprint density at radius 3 is 3.00 bits per heavy atom. The van der Waals surface area contributed by atoms with Crippen LogP contribution in [-0.2, 0) is 7.05 Å². The first-order valence-electron chi connectivity index (χ1n) is 4.12. The van der Waals surface area contributed by atoms with Crippen LogP contribution in [0.25, 0.3) is 0 Å². The number of anilines is 1. The molecule has 0 radical (unpaired) electrons. The van der Waals surface area contributed by atoms with E-state index in [4.69, 9.17) is 0 Å². The van der Waals surface area contributed by atoms with Crippen molar-refractivity contribution >= 4 is 5.82 Å². The standard InChI is InChI=1S/C9H15N3/c1-4-8(2)7-10-9-5-6-12(3)11-9/h5-6H,2,4,7H2,1,3H3,(H,10,11). The molecular weight excluding hydrogens is 150 g/mol. The van der Waals surface area contributed by atoms with Gasteiger partial charge in [0.15, 0.2) is 0 Å². The average Bonchev–Trinajstić information content (AvgIpc) is 2.47. The van der Waals surface area contributed by atoms with Crippen LogP contribution in [0.3, 0.4) is 0 Å². The summed E-state index contributed by atoms with van der Waals surface area (Å²) < 4.78 is 1.77. The fourth-order valence-corrected chi connectivity index (χ4v) is 0.850. The molecule has 0 aliphatic heterocycles. The summed E-state index contributed by atoms with van der Waals surface area (Å²) in [7, 11) is 1.90. The normalized spacial score (nSPS) is 9.83. The van der Waals surface area contributed by atoms with Crippen molar-refractivity contribution in [1.82, 2.24) is 9.78 Å². The molecule has 0 saturated heterocycles. The molecular formula is C9H15N3. The van der Waals surface area contributed by atoms with Crippen LogP contribution in [0.15, 0.2) is 24.4 Å². The molecule has 0 saturated carbocycles. The number of hydrogen-bond acceptors (Lipinski definition) is 2. The van der Waals surface area contributed by atoms with Gasteiger partial charge in [-0.2, -0.15) is 5.10 Å². The zero-order valence-corrected chi connectivity index (χ0v) is 7.67. The molecule has 0 fully saturated rings. The third kappa shape index (κ3) is 2.42. The van der Waals surface area contributed by atoms with Gasteiger partial charge in [-0.15, -0.1) is 0 Å². The maximum absolute atomic E-state index is 4.18. The first-order valence-corrected chi connectivity index (χ1v) is 4.12. The Kier molecular flexibility index (Phi) is 2.91. The van der Waals surface area contributed by atoms with Gasteiger partial charge in [0.2, 0.25) is 0 Å². The van der Waals surface area contributed by atoms with Crippen molar-refractivity contribution in [1.29, 1.82) is 0 Å². The largest absolute Gasteiger partial charge is 0.365 e. The summed E-state index contributed by atoms with van der Waals surface area (Å²) in [5.74, 6) is 0.909. The molecule has 0 aromatic carbocycles. The molecule has 0 bridgehead atoms. The van der Waals surface area contributed by atoms with Crippen molar-refractivity contribution < 1.29 is 0 Å². The third-order valence-corrected chi connectivity index (χ3v) is 1.73. The van der Waals surface area contributed by atoms with Gasteiger partial charge in [0.25, 0.3) is 0 Å². The van der Waals surface area contributed by atoms with E-state index in [0.717, 1.165) is 18.8 Å². The fourth-order valence-electron chi connectivity index (χ4n) is 0.850. The van der Waals surface area contributed by atoms with Crippen LogP contribution in [0.4, 0.5) is 5.82 Å². The van der Waals surface area contributed by atoms with E-state index in [0.29, 0.717) is 0 Å². The minimum absolute atomic E-state index is 0.813. The van der Waals surface area contributed by atoms with Crippen molar-refractivity contribution in [2.24, 2.45) is 7.05 Å². The van der Waals surface area contributed by atoms with Gasteiger partial charge < -0.3 is 5.32 Å². The summed E-state index contributed by atoms with van der Waals surface area (Å²) in [5.41, 5.74) is 1.20. The Balaban J connectivity index is 2.38. The topological polar surface area (TPSA) is 29.9 Å². The molecule has 0 aliphatic carbocycles. The molecule has 3 nitrogen and oxygen atoms in total. The minimum atomic E-state index is 0.813. The van der Waals surface area contributed by atoms with Crippen molar-refractivity contribution in [2.75, 3.05) is 11.9 Å². The average molecular weight is 165 g/mol. The number of nitrogens with one attached hydrogen (secondary N) is 1. The summed E-state index contributed by atoms with van der Waals surface area (Å²) in [6.07, 6.45) is 2.93. The van der Waals surface area contributed by atoms with E-state index in [1.54, 1.807) is 4.68 Å². The van der Waals surface area contributed by atoms with Crippen LogP contribution in [0, 0.1) is 0 Å². The van der Waals surface area contributed by atoms with E-state index in [2.05, 4.69) is 23.9 Å². The molecule has 1 aromatic heterocycles. The predicted molar refractivity (Wildman–Crippen MR) is 51.1 cm³/mol. The molecule has 1 aromatic rings. The van der Waals surface area contributed by atoms with Gasteiger partial charge in [-0.3, -0.25) is 4.68 Å². The van der Waals surface area contributed by atoms with Crippen LogP contribution >= 0.6 is 0 Å². The number of aromatic nitrogens is 2. The van der Waals surface area contributed by atoms with Gasteiger partial charge in [-0.05, 0) is 6.42 Å². The fraction of sp³-hybridized carbons (Fsp3) is 0.444. The maximum Gasteiger partial charge on any atom is 0.148 e. The highest BCUT2D eigenvalue weighted by Crippen LogP contribution is 2.03. The molecule has 1 rings (SSSR count). The predicted octanol–water partition coefficient (Wildman–Crippen LogP) is 1.80. The number of aryl methyl sites for hydroxylation is 1. The maximum atomic E-state index is 4.18. The Morgan fingerprint density at radius 2 is 2.50 bits per heavy atom. The lowest BCUT2D eigenvalue weighted by molar-refractivity contribution is 0.769. The van der Waals surface area contributed by atoms with Gasteiger partial charge in [-0.1, -0.05) is 19.1 Å². The lowest BCUT2D eigenvalue weighted by Crippen LogP contribution is -2.04. The molecule has 0 spiro atoms. The molecule has 0 amide bonds. The summed E-state index contributed by atoms with van der Waals surface area (Å²) in [6.45, 7) is 6.81. The zero-order valence-electron chi connectivity index (χ0n) is 7.67. The highest BCUT2D eigenvalue weighted by atomic mass is 15.3. The van der Waals surface area contributed by atoms with E-state index in [9.17, 15) is 0 Å². The van der Waals surface area contributed by atoms with E-state index in [1.165, 1.54) is 5.57 Å². The molecule has 0 aliphatic rings. The van der Waals surface area contributed by atoms with Crippen LogP contribution in [-0.4, -0.2) is 16.3 Å². The van der Waals surface area contributed by atoms with Gasteiger partial charge >= 0.3 is 0 Å².